The van der Waals surface area contributed by atoms with E-state index >= 15 is 0 Å². The van der Waals surface area contributed by atoms with E-state index in [1.807, 2.05) is 50.1 Å². The fourth-order valence-electron chi connectivity index (χ4n) is 1.94. The van der Waals surface area contributed by atoms with E-state index in [0.29, 0.717) is 0 Å². The van der Waals surface area contributed by atoms with Crippen molar-refractivity contribution in [2.24, 2.45) is 0 Å². The second-order valence-corrected chi connectivity index (χ2v) is 4.66. The molecule has 1 unspecified atom stereocenters. The zero-order valence-electron chi connectivity index (χ0n) is 11.0. The first-order chi connectivity index (χ1) is 7.92. The van der Waals surface area contributed by atoms with Gasteiger partial charge in [0, 0.05) is 0 Å². The second-order valence-electron chi connectivity index (χ2n) is 4.66. The van der Waals surface area contributed by atoms with E-state index in [1.54, 1.807) is 6.92 Å². The molecule has 3 nitrogen and oxygen atoms in total. The molecule has 1 aromatic carbocycles. The fraction of sp³-hybridized carbons (Fsp3) is 0.500. The number of carboxylic acids is 1. The van der Waals surface area contributed by atoms with Crippen LogP contribution in [0.15, 0.2) is 24.3 Å². The molecule has 0 aliphatic heterocycles. The van der Waals surface area contributed by atoms with Gasteiger partial charge >= 0.3 is 5.97 Å². The Morgan fingerprint density at radius 2 is 1.88 bits per heavy atom. The third-order valence-electron chi connectivity index (χ3n) is 3.35. The summed E-state index contributed by atoms with van der Waals surface area (Å²) >= 11 is 0. The third kappa shape index (κ3) is 2.67. The van der Waals surface area contributed by atoms with Crippen LogP contribution in [0.1, 0.15) is 31.4 Å². The standard InChI is InChI=1S/C14H21NO2/c1-5-10-15(4)14(3,13(16)17)12-8-6-11(2)7-9-12/h6-9H,5,10H2,1-4H3,(H,16,17). The quantitative estimate of drug-likeness (QED) is 0.853. The van der Waals surface area contributed by atoms with Crippen LogP contribution in [0, 0.1) is 6.92 Å². The van der Waals surface area contributed by atoms with Crippen LogP contribution in [0.5, 0.6) is 0 Å². The number of rotatable bonds is 5. The van der Waals surface area contributed by atoms with E-state index in [4.69, 9.17) is 0 Å². The molecule has 0 radical (unpaired) electrons. The van der Waals surface area contributed by atoms with Crippen LogP contribution in [0.4, 0.5) is 0 Å². The normalized spacial score (nSPS) is 14.6. The van der Waals surface area contributed by atoms with E-state index in [1.165, 1.54) is 0 Å². The predicted molar refractivity (Wildman–Crippen MR) is 69.1 cm³/mol. The number of hydrogen-bond acceptors (Lipinski definition) is 2. The molecule has 3 heteroatoms. The predicted octanol–water partition coefficient (Wildman–Crippen LogP) is 2.64. The Morgan fingerprint density at radius 1 is 1.35 bits per heavy atom. The number of benzene rings is 1. The number of likely N-dealkylation sites (N-methyl/N-ethyl adjacent to an activating group) is 1. The maximum Gasteiger partial charge on any atom is 0.328 e. The molecule has 0 amide bonds. The molecule has 1 atom stereocenters. The summed E-state index contributed by atoms with van der Waals surface area (Å²) in [5.74, 6) is -0.808. The van der Waals surface area contributed by atoms with Crippen LogP contribution >= 0.6 is 0 Å². The van der Waals surface area contributed by atoms with E-state index in [2.05, 4.69) is 0 Å². The molecule has 0 bridgehead atoms. The van der Waals surface area contributed by atoms with Gasteiger partial charge in [-0.25, -0.2) is 4.79 Å². The van der Waals surface area contributed by atoms with Crippen molar-refractivity contribution in [1.29, 1.82) is 0 Å². The van der Waals surface area contributed by atoms with Crippen molar-refractivity contribution in [3.63, 3.8) is 0 Å². The minimum absolute atomic E-state index is 0.761. The molecule has 0 heterocycles. The molecule has 0 spiro atoms. The van der Waals surface area contributed by atoms with Gasteiger partial charge in [-0.3, -0.25) is 4.90 Å². The van der Waals surface area contributed by atoms with Gasteiger partial charge in [-0.2, -0.15) is 0 Å². The summed E-state index contributed by atoms with van der Waals surface area (Å²) in [5, 5.41) is 9.51. The van der Waals surface area contributed by atoms with Crippen LogP contribution in [-0.4, -0.2) is 29.6 Å². The number of carboxylic acid groups (broad SMARTS) is 1. The Balaban J connectivity index is 3.15. The zero-order chi connectivity index (χ0) is 13.1. The van der Waals surface area contributed by atoms with E-state index in [0.717, 1.165) is 24.1 Å². The SMILES string of the molecule is CCCN(C)C(C)(C(=O)O)c1ccc(C)cc1. The molecule has 1 aromatic rings. The van der Waals surface area contributed by atoms with E-state index < -0.39 is 11.5 Å². The molecule has 17 heavy (non-hydrogen) atoms. The highest BCUT2D eigenvalue weighted by molar-refractivity contribution is 5.80. The van der Waals surface area contributed by atoms with E-state index in [9.17, 15) is 9.90 Å². The van der Waals surface area contributed by atoms with Gasteiger partial charge in [-0.05, 0) is 39.4 Å². The zero-order valence-corrected chi connectivity index (χ0v) is 11.0. The molecule has 1 N–H and O–H groups in total. The summed E-state index contributed by atoms with van der Waals surface area (Å²) in [6, 6.07) is 7.71. The van der Waals surface area contributed by atoms with Crippen molar-refractivity contribution in [3.05, 3.63) is 35.4 Å². The molecule has 0 saturated heterocycles. The first-order valence-electron chi connectivity index (χ1n) is 5.94. The highest BCUT2D eigenvalue weighted by Crippen LogP contribution is 2.28. The van der Waals surface area contributed by atoms with Gasteiger partial charge in [0.15, 0.2) is 0 Å². The van der Waals surface area contributed by atoms with Gasteiger partial charge in [-0.1, -0.05) is 36.8 Å². The number of aliphatic carboxylic acids is 1. The second kappa shape index (κ2) is 5.32. The smallest absolute Gasteiger partial charge is 0.328 e. The molecule has 0 saturated carbocycles. The largest absolute Gasteiger partial charge is 0.480 e. The number of nitrogens with zero attached hydrogens (tertiary/aromatic N) is 1. The highest BCUT2D eigenvalue weighted by atomic mass is 16.4. The molecule has 0 aliphatic carbocycles. The lowest BCUT2D eigenvalue weighted by molar-refractivity contribution is -0.150. The van der Waals surface area contributed by atoms with Crippen molar-refractivity contribution in [1.82, 2.24) is 4.90 Å². The molecular weight excluding hydrogens is 214 g/mol. The monoisotopic (exact) mass is 235 g/mol. The Labute approximate surface area is 103 Å². The Morgan fingerprint density at radius 3 is 2.29 bits per heavy atom. The lowest BCUT2D eigenvalue weighted by Crippen LogP contribution is -2.48. The summed E-state index contributed by atoms with van der Waals surface area (Å²) in [7, 11) is 1.86. The summed E-state index contributed by atoms with van der Waals surface area (Å²) < 4.78 is 0. The van der Waals surface area contributed by atoms with Crippen molar-refractivity contribution in [2.45, 2.75) is 32.7 Å². The van der Waals surface area contributed by atoms with Crippen LogP contribution in [-0.2, 0) is 10.3 Å². The van der Waals surface area contributed by atoms with Gasteiger partial charge in [-0.15, -0.1) is 0 Å². The molecule has 94 valence electrons. The Kier molecular flexibility index (Phi) is 4.29. The van der Waals surface area contributed by atoms with E-state index in [-0.39, 0.29) is 0 Å². The molecule has 0 aromatic heterocycles. The topological polar surface area (TPSA) is 40.5 Å². The molecule has 0 fully saturated rings. The summed E-state index contributed by atoms with van der Waals surface area (Å²) in [5.41, 5.74) is 1.01. The van der Waals surface area contributed by atoms with Gasteiger partial charge in [0.05, 0.1) is 0 Å². The minimum Gasteiger partial charge on any atom is -0.480 e. The van der Waals surface area contributed by atoms with Crippen molar-refractivity contribution in [3.8, 4) is 0 Å². The molecular formula is C14H21NO2. The van der Waals surface area contributed by atoms with Gasteiger partial charge in [0.25, 0.3) is 0 Å². The van der Waals surface area contributed by atoms with Gasteiger partial charge in [0.2, 0.25) is 0 Å². The van der Waals surface area contributed by atoms with Crippen molar-refractivity contribution < 1.29 is 9.90 Å². The average Bonchev–Trinajstić information content (AvgIpc) is 2.29. The lowest BCUT2D eigenvalue weighted by Gasteiger charge is -2.35. The van der Waals surface area contributed by atoms with Gasteiger partial charge < -0.3 is 5.11 Å². The van der Waals surface area contributed by atoms with Crippen LogP contribution in [0.2, 0.25) is 0 Å². The van der Waals surface area contributed by atoms with Crippen LogP contribution in [0.25, 0.3) is 0 Å². The average molecular weight is 235 g/mol. The van der Waals surface area contributed by atoms with Crippen molar-refractivity contribution in [2.75, 3.05) is 13.6 Å². The minimum atomic E-state index is -0.955. The highest BCUT2D eigenvalue weighted by Gasteiger charge is 2.38. The summed E-state index contributed by atoms with van der Waals surface area (Å²) in [6.07, 6.45) is 0.936. The van der Waals surface area contributed by atoms with Crippen LogP contribution < -0.4 is 0 Å². The van der Waals surface area contributed by atoms with Crippen molar-refractivity contribution >= 4 is 5.97 Å². The Hall–Kier alpha value is -1.35. The maximum atomic E-state index is 11.6. The number of aryl methyl sites for hydroxylation is 1. The molecule has 0 aliphatic rings. The number of carbonyl (C=O) groups is 1. The summed E-state index contributed by atoms with van der Waals surface area (Å²) in [6.45, 7) is 6.57. The van der Waals surface area contributed by atoms with Gasteiger partial charge in [0.1, 0.15) is 5.54 Å². The maximum absolute atomic E-state index is 11.6. The lowest BCUT2D eigenvalue weighted by atomic mass is 9.89. The summed E-state index contributed by atoms with van der Waals surface area (Å²) in [4.78, 5) is 13.5. The number of hydrogen-bond donors (Lipinski definition) is 1. The third-order valence-corrected chi connectivity index (χ3v) is 3.35. The first kappa shape index (κ1) is 13.7. The fourth-order valence-corrected chi connectivity index (χ4v) is 1.94. The molecule has 1 rings (SSSR count). The first-order valence-corrected chi connectivity index (χ1v) is 5.94. The van der Waals surface area contributed by atoms with Crippen LogP contribution in [0.3, 0.4) is 0 Å². The Bertz CT molecular complexity index is 386.